The Morgan fingerprint density at radius 1 is 1.14 bits per heavy atom. The van der Waals surface area contributed by atoms with E-state index in [1.807, 2.05) is 40.7 Å². The zero-order valence-electron chi connectivity index (χ0n) is 10.1. The number of nitrogens with zero attached hydrogens (tertiary/aromatic N) is 1. The van der Waals surface area contributed by atoms with Crippen molar-refractivity contribution in [1.29, 1.82) is 0 Å². The molecule has 0 aliphatic rings. The molecule has 0 aromatic carbocycles. The number of hydrogen-bond acceptors (Lipinski definition) is 2. The summed E-state index contributed by atoms with van der Waals surface area (Å²) in [7, 11) is 0. The Hall–Kier alpha value is -1.18. The minimum absolute atomic E-state index is 0.0659. The van der Waals surface area contributed by atoms with E-state index >= 15 is 0 Å². The van der Waals surface area contributed by atoms with Crippen molar-refractivity contribution in [3.8, 4) is 0 Å². The number of carbonyl (C=O) groups is 1. The maximum absolute atomic E-state index is 10.8. The van der Waals surface area contributed by atoms with Crippen LogP contribution in [-0.2, 0) is 0 Å². The molecule has 0 aliphatic heterocycles. The Kier molecular flexibility index (Phi) is 10.8. The highest BCUT2D eigenvalue weighted by atomic mass is 16.1. The van der Waals surface area contributed by atoms with Gasteiger partial charge < -0.3 is 0 Å². The monoisotopic (exact) mass is 195 g/mol. The Labute approximate surface area is 87.4 Å². The molecule has 0 amide bonds. The van der Waals surface area contributed by atoms with E-state index in [1.54, 1.807) is 12.4 Å². The van der Waals surface area contributed by atoms with Crippen LogP contribution in [0.25, 0.3) is 0 Å². The Balaban J connectivity index is 0. The number of pyridine rings is 1. The summed E-state index contributed by atoms with van der Waals surface area (Å²) in [5.74, 6) is 0.0659. The summed E-state index contributed by atoms with van der Waals surface area (Å²) in [6.07, 6.45) is 3.31. The van der Waals surface area contributed by atoms with Gasteiger partial charge in [0.2, 0.25) is 0 Å². The molecule has 1 aromatic heterocycles. The van der Waals surface area contributed by atoms with E-state index < -0.39 is 0 Å². The fourth-order valence-corrected chi connectivity index (χ4v) is 0.747. The molecule has 0 radical (unpaired) electrons. The molecule has 1 heterocycles. The van der Waals surface area contributed by atoms with Gasteiger partial charge >= 0.3 is 0 Å². The second kappa shape index (κ2) is 9.90. The second-order valence-electron chi connectivity index (χ2n) is 2.31. The smallest absolute Gasteiger partial charge is 0.161 e. The zero-order chi connectivity index (χ0) is 11.6. The van der Waals surface area contributed by atoms with Crippen molar-refractivity contribution in [1.82, 2.24) is 4.98 Å². The number of aryl methyl sites for hydroxylation is 1. The first kappa shape index (κ1) is 15.3. The van der Waals surface area contributed by atoms with Crippen LogP contribution in [0.15, 0.2) is 18.5 Å². The topological polar surface area (TPSA) is 30.0 Å². The van der Waals surface area contributed by atoms with Gasteiger partial charge in [-0.3, -0.25) is 9.78 Å². The van der Waals surface area contributed by atoms with Gasteiger partial charge in [0, 0.05) is 18.0 Å². The number of carbonyl (C=O) groups excluding carboxylic acids is 1. The summed E-state index contributed by atoms with van der Waals surface area (Å²) in [6, 6.07) is 1.83. The van der Waals surface area contributed by atoms with Crippen LogP contribution in [0.3, 0.4) is 0 Å². The molecule has 0 saturated heterocycles. The number of aromatic nitrogens is 1. The van der Waals surface area contributed by atoms with Crippen LogP contribution in [0.1, 0.15) is 50.5 Å². The molecule has 0 aliphatic carbocycles. The first-order valence-electron chi connectivity index (χ1n) is 5.13. The molecule has 1 rings (SSSR count). The summed E-state index contributed by atoms with van der Waals surface area (Å²) in [4.78, 5) is 14.6. The lowest BCUT2D eigenvalue weighted by atomic mass is 10.2. The lowest BCUT2D eigenvalue weighted by Gasteiger charge is -1.94. The van der Waals surface area contributed by atoms with Gasteiger partial charge in [0.1, 0.15) is 0 Å². The molecule has 0 unspecified atom stereocenters. The first-order chi connectivity index (χ1) is 6.70. The van der Waals surface area contributed by atoms with Gasteiger partial charge in [-0.05, 0) is 25.5 Å². The summed E-state index contributed by atoms with van der Waals surface area (Å²) in [5, 5.41) is 0. The maximum Gasteiger partial charge on any atom is 0.161 e. The molecular formula is C12H21NO. The van der Waals surface area contributed by atoms with Crippen LogP contribution < -0.4 is 0 Å². The molecule has 2 heteroatoms. The number of ketones is 1. The SMILES string of the molecule is CC.CC.CC(=O)c1cncc(C)c1. The Morgan fingerprint density at radius 2 is 1.64 bits per heavy atom. The van der Waals surface area contributed by atoms with Gasteiger partial charge in [-0.2, -0.15) is 0 Å². The average Bonchev–Trinajstić information content (AvgIpc) is 2.24. The molecule has 0 atom stereocenters. The normalized spacial score (nSPS) is 7.57. The van der Waals surface area contributed by atoms with Crippen molar-refractivity contribution in [3.05, 3.63) is 29.6 Å². The molecule has 0 bridgehead atoms. The Bertz CT molecular complexity index is 256. The predicted octanol–water partition coefficient (Wildman–Crippen LogP) is 3.65. The third kappa shape index (κ3) is 6.35. The molecule has 0 saturated carbocycles. The number of Topliss-reactive ketones (excluding diaryl/α,β-unsaturated/α-hetero) is 1. The van der Waals surface area contributed by atoms with E-state index in [-0.39, 0.29) is 5.78 Å². The highest BCUT2D eigenvalue weighted by Gasteiger charge is 1.97. The number of hydrogen-bond donors (Lipinski definition) is 0. The third-order valence-electron chi connectivity index (χ3n) is 1.28. The second-order valence-corrected chi connectivity index (χ2v) is 2.31. The van der Waals surface area contributed by atoms with Crippen LogP contribution in [0.5, 0.6) is 0 Å². The molecular weight excluding hydrogens is 174 g/mol. The molecule has 2 nitrogen and oxygen atoms in total. The van der Waals surface area contributed by atoms with Gasteiger partial charge in [0.15, 0.2) is 5.78 Å². The quantitative estimate of drug-likeness (QED) is 0.640. The van der Waals surface area contributed by atoms with Crippen LogP contribution in [0, 0.1) is 6.92 Å². The van der Waals surface area contributed by atoms with Crippen molar-refractivity contribution < 1.29 is 4.79 Å². The van der Waals surface area contributed by atoms with E-state index in [4.69, 9.17) is 0 Å². The van der Waals surface area contributed by atoms with Gasteiger partial charge in [0.25, 0.3) is 0 Å². The molecule has 14 heavy (non-hydrogen) atoms. The molecule has 80 valence electrons. The van der Waals surface area contributed by atoms with Gasteiger partial charge in [-0.1, -0.05) is 27.7 Å². The van der Waals surface area contributed by atoms with Crippen molar-refractivity contribution in [2.45, 2.75) is 41.5 Å². The van der Waals surface area contributed by atoms with Gasteiger partial charge in [-0.15, -0.1) is 0 Å². The van der Waals surface area contributed by atoms with E-state index in [9.17, 15) is 4.79 Å². The Morgan fingerprint density at radius 3 is 1.93 bits per heavy atom. The number of rotatable bonds is 1. The van der Waals surface area contributed by atoms with E-state index in [0.717, 1.165) is 5.56 Å². The summed E-state index contributed by atoms with van der Waals surface area (Å²) in [6.45, 7) is 11.5. The lowest BCUT2D eigenvalue weighted by molar-refractivity contribution is 0.101. The van der Waals surface area contributed by atoms with Gasteiger partial charge in [0.05, 0.1) is 0 Å². The fraction of sp³-hybridized carbons (Fsp3) is 0.500. The fourth-order valence-electron chi connectivity index (χ4n) is 0.747. The maximum atomic E-state index is 10.8. The minimum atomic E-state index is 0.0659. The van der Waals surface area contributed by atoms with Crippen LogP contribution in [-0.4, -0.2) is 10.8 Å². The predicted molar refractivity (Wildman–Crippen MR) is 61.7 cm³/mol. The molecule has 1 aromatic rings. The average molecular weight is 195 g/mol. The molecule has 0 N–H and O–H groups in total. The third-order valence-corrected chi connectivity index (χ3v) is 1.28. The summed E-state index contributed by atoms with van der Waals surface area (Å²) in [5.41, 5.74) is 1.70. The first-order valence-corrected chi connectivity index (χ1v) is 5.13. The van der Waals surface area contributed by atoms with Crippen molar-refractivity contribution >= 4 is 5.78 Å². The van der Waals surface area contributed by atoms with Crippen LogP contribution in [0.4, 0.5) is 0 Å². The zero-order valence-corrected chi connectivity index (χ0v) is 10.1. The molecule has 0 fully saturated rings. The van der Waals surface area contributed by atoms with Crippen LogP contribution >= 0.6 is 0 Å². The van der Waals surface area contributed by atoms with E-state index in [1.165, 1.54) is 6.92 Å². The molecule has 0 spiro atoms. The summed E-state index contributed by atoms with van der Waals surface area (Å²) >= 11 is 0. The van der Waals surface area contributed by atoms with Crippen LogP contribution in [0.2, 0.25) is 0 Å². The minimum Gasteiger partial charge on any atom is -0.294 e. The van der Waals surface area contributed by atoms with Crippen molar-refractivity contribution in [2.75, 3.05) is 0 Å². The standard InChI is InChI=1S/C8H9NO.2C2H6/c1-6-3-8(7(2)10)5-9-4-6;2*1-2/h3-5H,1-2H3;2*1-2H3. The van der Waals surface area contributed by atoms with Crippen molar-refractivity contribution in [2.24, 2.45) is 0 Å². The van der Waals surface area contributed by atoms with Crippen molar-refractivity contribution in [3.63, 3.8) is 0 Å². The lowest BCUT2D eigenvalue weighted by Crippen LogP contribution is -1.92. The largest absolute Gasteiger partial charge is 0.294 e. The highest BCUT2D eigenvalue weighted by molar-refractivity contribution is 5.93. The highest BCUT2D eigenvalue weighted by Crippen LogP contribution is 2.00. The van der Waals surface area contributed by atoms with E-state index in [0.29, 0.717) is 5.56 Å². The van der Waals surface area contributed by atoms with E-state index in [2.05, 4.69) is 4.98 Å². The summed E-state index contributed by atoms with van der Waals surface area (Å²) < 4.78 is 0. The van der Waals surface area contributed by atoms with Gasteiger partial charge in [-0.25, -0.2) is 0 Å².